The minimum absolute atomic E-state index is 0.212. The number of aliphatic hydroxyl groups excluding tert-OH is 2. The number of aliphatic hydroxyl groups is 2. The van der Waals surface area contributed by atoms with Gasteiger partial charge in [-0.1, -0.05) is 0 Å². The second-order valence-corrected chi connectivity index (χ2v) is 7.09. The van der Waals surface area contributed by atoms with Crippen LogP contribution in [0.1, 0.15) is 12.6 Å². The van der Waals surface area contributed by atoms with E-state index in [-0.39, 0.29) is 5.82 Å². The maximum absolute atomic E-state index is 10.7. The highest BCUT2D eigenvalue weighted by atomic mass is 32.2. The van der Waals surface area contributed by atoms with Crippen LogP contribution in [0.25, 0.3) is 11.2 Å². The Kier molecular flexibility index (Phi) is 5.58. The summed E-state index contributed by atoms with van der Waals surface area (Å²) in [6.07, 6.45) is -0.747. The number of aliphatic carboxylic acids is 1. The Labute approximate surface area is 152 Å². The highest BCUT2D eigenvalue weighted by Crippen LogP contribution is 2.33. The number of nitrogen functional groups attached to an aromatic ring is 1. The predicted molar refractivity (Wildman–Crippen MR) is 93.2 cm³/mol. The SMILES string of the molecule is Nc1ncnc2c1ncn2[C@@H]1O[C@H](CSCCC(N)C(=O)O)C(O)[C@@H]1O. The van der Waals surface area contributed by atoms with Gasteiger partial charge in [-0.2, -0.15) is 11.8 Å². The molecule has 0 bridgehead atoms. The number of ether oxygens (including phenoxy) is 1. The molecule has 2 unspecified atom stereocenters. The van der Waals surface area contributed by atoms with Crippen molar-refractivity contribution in [1.82, 2.24) is 19.5 Å². The average molecular weight is 384 g/mol. The summed E-state index contributed by atoms with van der Waals surface area (Å²) in [5, 5.41) is 29.3. The Morgan fingerprint density at radius 2 is 2.12 bits per heavy atom. The Hall–Kier alpha value is -1.99. The van der Waals surface area contributed by atoms with E-state index in [1.54, 1.807) is 0 Å². The van der Waals surface area contributed by atoms with Crippen LogP contribution in [0.5, 0.6) is 0 Å². The van der Waals surface area contributed by atoms with E-state index in [9.17, 15) is 15.0 Å². The van der Waals surface area contributed by atoms with Crippen LogP contribution in [-0.4, -0.2) is 76.7 Å². The number of anilines is 1. The lowest BCUT2D eigenvalue weighted by atomic mass is 10.1. The van der Waals surface area contributed by atoms with Gasteiger partial charge < -0.3 is 31.5 Å². The molecule has 142 valence electrons. The predicted octanol–water partition coefficient (Wildman–Crippen LogP) is -1.44. The number of rotatable bonds is 7. The summed E-state index contributed by atoms with van der Waals surface area (Å²) in [6, 6.07) is -0.919. The molecule has 2 aromatic rings. The number of carbonyl (C=O) groups is 1. The van der Waals surface area contributed by atoms with Gasteiger partial charge in [-0.15, -0.1) is 0 Å². The fraction of sp³-hybridized carbons (Fsp3) is 0.571. The monoisotopic (exact) mass is 384 g/mol. The average Bonchev–Trinajstić information content (AvgIpc) is 3.15. The summed E-state index contributed by atoms with van der Waals surface area (Å²) in [5.74, 6) is 0.0405. The van der Waals surface area contributed by atoms with E-state index < -0.39 is 36.6 Å². The van der Waals surface area contributed by atoms with Crippen molar-refractivity contribution in [2.45, 2.75) is 37.0 Å². The second kappa shape index (κ2) is 7.72. The van der Waals surface area contributed by atoms with Crippen LogP contribution < -0.4 is 11.5 Å². The number of nitrogens with two attached hydrogens (primary N) is 2. The van der Waals surface area contributed by atoms with E-state index in [0.717, 1.165) is 0 Å². The van der Waals surface area contributed by atoms with Crippen molar-refractivity contribution in [2.24, 2.45) is 5.73 Å². The van der Waals surface area contributed by atoms with Crippen molar-refractivity contribution >= 4 is 34.7 Å². The molecule has 0 aliphatic carbocycles. The minimum Gasteiger partial charge on any atom is -0.480 e. The van der Waals surface area contributed by atoms with Gasteiger partial charge in [0, 0.05) is 5.75 Å². The number of imidazole rings is 1. The highest BCUT2D eigenvalue weighted by Gasteiger charge is 2.44. The Balaban J connectivity index is 1.64. The molecule has 26 heavy (non-hydrogen) atoms. The molecule has 2 aromatic heterocycles. The Bertz CT molecular complexity index is 788. The lowest BCUT2D eigenvalue weighted by Gasteiger charge is -2.16. The fourth-order valence-corrected chi connectivity index (χ4v) is 3.78. The van der Waals surface area contributed by atoms with Crippen molar-refractivity contribution in [3.05, 3.63) is 12.7 Å². The first-order valence-corrected chi connectivity index (χ1v) is 9.06. The van der Waals surface area contributed by atoms with E-state index >= 15 is 0 Å². The molecule has 0 aromatic carbocycles. The van der Waals surface area contributed by atoms with Gasteiger partial charge in [-0.05, 0) is 12.2 Å². The minimum atomic E-state index is -1.17. The second-order valence-electron chi connectivity index (χ2n) is 5.94. The van der Waals surface area contributed by atoms with E-state index in [0.29, 0.717) is 29.1 Å². The molecular weight excluding hydrogens is 364 g/mol. The van der Waals surface area contributed by atoms with Gasteiger partial charge in [0.1, 0.15) is 30.1 Å². The zero-order valence-corrected chi connectivity index (χ0v) is 14.5. The van der Waals surface area contributed by atoms with Crippen LogP contribution in [0.15, 0.2) is 12.7 Å². The first-order chi connectivity index (χ1) is 12.4. The molecule has 0 saturated carbocycles. The maximum atomic E-state index is 10.7. The summed E-state index contributed by atoms with van der Waals surface area (Å²) >= 11 is 1.40. The molecule has 0 radical (unpaired) electrons. The van der Waals surface area contributed by atoms with Gasteiger partial charge in [-0.3, -0.25) is 9.36 Å². The van der Waals surface area contributed by atoms with Gasteiger partial charge in [0.25, 0.3) is 0 Å². The molecule has 5 atom stereocenters. The number of carboxylic acids is 1. The molecule has 3 rings (SSSR count). The first kappa shape index (κ1) is 18.8. The molecule has 3 heterocycles. The van der Waals surface area contributed by atoms with Crippen molar-refractivity contribution in [3.8, 4) is 0 Å². The van der Waals surface area contributed by atoms with Gasteiger partial charge in [0.15, 0.2) is 17.7 Å². The standard InChI is InChI=1S/C14H20N6O5S/c15-6(14(23)24)1-2-26-3-7-9(21)10(22)13(25-7)20-5-19-8-11(16)17-4-18-12(8)20/h4-7,9-10,13,21-22H,1-3,15H2,(H,23,24)(H2,16,17,18)/t6?,7-,9?,10+,13-/m1/s1. The third-order valence-corrected chi connectivity index (χ3v) is 5.26. The van der Waals surface area contributed by atoms with Crippen molar-refractivity contribution in [1.29, 1.82) is 0 Å². The Morgan fingerprint density at radius 3 is 2.85 bits per heavy atom. The normalized spacial score (nSPS) is 27.0. The van der Waals surface area contributed by atoms with Crippen LogP contribution in [0, 0.1) is 0 Å². The van der Waals surface area contributed by atoms with Crippen LogP contribution in [0.4, 0.5) is 5.82 Å². The maximum Gasteiger partial charge on any atom is 0.320 e. The number of carboxylic acid groups (broad SMARTS) is 1. The van der Waals surface area contributed by atoms with Crippen LogP contribution in [-0.2, 0) is 9.53 Å². The van der Waals surface area contributed by atoms with Gasteiger partial charge >= 0.3 is 5.97 Å². The fourth-order valence-electron chi connectivity index (χ4n) is 2.69. The van der Waals surface area contributed by atoms with Gasteiger partial charge in [0.05, 0.1) is 12.4 Å². The van der Waals surface area contributed by atoms with Gasteiger partial charge in [-0.25, -0.2) is 15.0 Å². The van der Waals surface area contributed by atoms with Crippen LogP contribution in [0.2, 0.25) is 0 Å². The summed E-state index contributed by atoms with van der Waals surface area (Å²) in [4.78, 5) is 22.8. The third-order valence-electron chi connectivity index (χ3n) is 4.17. The van der Waals surface area contributed by atoms with Crippen LogP contribution >= 0.6 is 11.8 Å². The summed E-state index contributed by atoms with van der Waals surface area (Å²) < 4.78 is 7.29. The molecule has 1 aliphatic heterocycles. The number of thioether (sulfide) groups is 1. The van der Waals surface area contributed by atoms with Crippen molar-refractivity contribution in [2.75, 3.05) is 17.2 Å². The molecule has 0 amide bonds. The van der Waals surface area contributed by atoms with E-state index in [2.05, 4.69) is 15.0 Å². The van der Waals surface area contributed by atoms with Gasteiger partial charge in [0.2, 0.25) is 0 Å². The summed E-state index contributed by atoms with van der Waals surface area (Å²) in [5.41, 5.74) is 12.0. The smallest absolute Gasteiger partial charge is 0.320 e. The molecule has 11 nitrogen and oxygen atoms in total. The number of aromatic nitrogens is 4. The lowest BCUT2D eigenvalue weighted by molar-refractivity contribution is -0.138. The van der Waals surface area contributed by atoms with Crippen molar-refractivity contribution in [3.63, 3.8) is 0 Å². The van der Waals surface area contributed by atoms with Crippen LogP contribution in [0.3, 0.4) is 0 Å². The van der Waals surface area contributed by atoms with E-state index in [1.807, 2.05) is 0 Å². The molecule has 1 aliphatic rings. The largest absolute Gasteiger partial charge is 0.480 e. The number of fused-ring (bicyclic) bond motifs is 1. The molecular formula is C14H20N6O5S. The van der Waals surface area contributed by atoms with E-state index in [1.165, 1.54) is 29.0 Å². The summed E-state index contributed by atoms with van der Waals surface area (Å²) in [6.45, 7) is 0. The number of nitrogens with zero attached hydrogens (tertiary/aromatic N) is 4. The zero-order valence-electron chi connectivity index (χ0n) is 13.7. The topological polar surface area (TPSA) is 183 Å². The number of hydrogen-bond donors (Lipinski definition) is 5. The quantitative estimate of drug-likeness (QED) is 0.352. The molecule has 0 spiro atoms. The summed E-state index contributed by atoms with van der Waals surface area (Å²) in [7, 11) is 0. The molecule has 7 N–H and O–H groups in total. The Morgan fingerprint density at radius 1 is 1.35 bits per heavy atom. The molecule has 12 heteroatoms. The third kappa shape index (κ3) is 3.59. The zero-order chi connectivity index (χ0) is 18.8. The number of hydrogen-bond acceptors (Lipinski definition) is 10. The molecule has 1 saturated heterocycles. The first-order valence-electron chi connectivity index (χ1n) is 7.91. The highest BCUT2D eigenvalue weighted by molar-refractivity contribution is 7.99. The van der Waals surface area contributed by atoms with Crippen molar-refractivity contribution < 1.29 is 24.9 Å². The lowest BCUT2D eigenvalue weighted by Crippen LogP contribution is -2.33. The molecule has 1 fully saturated rings. The van der Waals surface area contributed by atoms with E-state index in [4.69, 9.17) is 21.3 Å².